The van der Waals surface area contributed by atoms with Crippen molar-refractivity contribution in [2.24, 2.45) is 11.3 Å². The minimum atomic E-state index is 0.605. The van der Waals surface area contributed by atoms with Crippen LogP contribution in [0.2, 0.25) is 0 Å². The maximum atomic E-state index is 5.46. The highest BCUT2D eigenvalue weighted by molar-refractivity contribution is 4.91. The van der Waals surface area contributed by atoms with Gasteiger partial charge in [0.25, 0.3) is 0 Å². The zero-order valence-corrected chi connectivity index (χ0v) is 11.6. The van der Waals surface area contributed by atoms with Crippen molar-refractivity contribution in [3.63, 3.8) is 0 Å². The summed E-state index contributed by atoms with van der Waals surface area (Å²) >= 11 is 0. The van der Waals surface area contributed by atoms with Crippen LogP contribution in [-0.2, 0) is 4.74 Å². The monoisotopic (exact) mass is 239 g/mol. The SMILES string of the molecule is CCCNC1CCC(C)(CC2CCOCC2)C1. The Balaban J connectivity index is 1.75. The third-order valence-corrected chi connectivity index (χ3v) is 4.64. The molecule has 1 aliphatic carbocycles. The van der Waals surface area contributed by atoms with Gasteiger partial charge in [-0.1, -0.05) is 13.8 Å². The molecule has 2 heteroatoms. The van der Waals surface area contributed by atoms with Gasteiger partial charge in [0.05, 0.1) is 0 Å². The summed E-state index contributed by atoms with van der Waals surface area (Å²) in [6.45, 7) is 7.95. The molecule has 0 amide bonds. The van der Waals surface area contributed by atoms with Crippen molar-refractivity contribution in [3.05, 3.63) is 0 Å². The van der Waals surface area contributed by atoms with Gasteiger partial charge in [-0.3, -0.25) is 0 Å². The molecule has 0 aromatic rings. The van der Waals surface area contributed by atoms with E-state index in [1.165, 1.54) is 51.5 Å². The Labute approximate surface area is 107 Å². The largest absolute Gasteiger partial charge is 0.381 e. The van der Waals surface area contributed by atoms with Crippen LogP contribution in [0.25, 0.3) is 0 Å². The van der Waals surface area contributed by atoms with Crippen LogP contribution in [0, 0.1) is 11.3 Å². The van der Waals surface area contributed by atoms with Crippen LogP contribution in [0.4, 0.5) is 0 Å². The van der Waals surface area contributed by atoms with Crippen molar-refractivity contribution in [2.75, 3.05) is 19.8 Å². The molecule has 0 radical (unpaired) electrons. The number of rotatable bonds is 5. The van der Waals surface area contributed by atoms with Gasteiger partial charge in [0.2, 0.25) is 0 Å². The molecule has 1 saturated heterocycles. The fourth-order valence-electron chi connectivity index (χ4n) is 3.68. The molecule has 2 fully saturated rings. The van der Waals surface area contributed by atoms with E-state index in [2.05, 4.69) is 19.2 Å². The Morgan fingerprint density at radius 1 is 1.24 bits per heavy atom. The van der Waals surface area contributed by atoms with E-state index in [1.54, 1.807) is 0 Å². The lowest BCUT2D eigenvalue weighted by atomic mass is 9.77. The summed E-state index contributed by atoms with van der Waals surface area (Å²) < 4.78 is 5.46. The summed E-state index contributed by atoms with van der Waals surface area (Å²) in [5, 5.41) is 3.70. The van der Waals surface area contributed by atoms with Crippen LogP contribution in [0.15, 0.2) is 0 Å². The Hall–Kier alpha value is -0.0800. The van der Waals surface area contributed by atoms with Crippen molar-refractivity contribution in [1.29, 1.82) is 0 Å². The lowest BCUT2D eigenvalue weighted by molar-refractivity contribution is 0.0494. The van der Waals surface area contributed by atoms with Crippen LogP contribution < -0.4 is 5.32 Å². The first-order valence-electron chi connectivity index (χ1n) is 7.53. The summed E-state index contributed by atoms with van der Waals surface area (Å²) in [5.74, 6) is 0.929. The normalized spacial score (nSPS) is 35.3. The van der Waals surface area contributed by atoms with E-state index in [1.807, 2.05) is 0 Å². The fourth-order valence-corrected chi connectivity index (χ4v) is 3.68. The van der Waals surface area contributed by atoms with Gasteiger partial charge in [0.15, 0.2) is 0 Å². The van der Waals surface area contributed by atoms with E-state index in [-0.39, 0.29) is 0 Å². The molecule has 2 rings (SSSR count). The van der Waals surface area contributed by atoms with Gasteiger partial charge < -0.3 is 10.1 Å². The van der Waals surface area contributed by atoms with E-state index < -0.39 is 0 Å². The predicted molar refractivity (Wildman–Crippen MR) is 72.2 cm³/mol. The fraction of sp³-hybridized carbons (Fsp3) is 1.00. The van der Waals surface area contributed by atoms with Gasteiger partial charge in [0.1, 0.15) is 0 Å². The molecule has 0 bridgehead atoms. The van der Waals surface area contributed by atoms with Crippen molar-refractivity contribution in [1.82, 2.24) is 5.32 Å². The van der Waals surface area contributed by atoms with Crippen molar-refractivity contribution >= 4 is 0 Å². The van der Waals surface area contributed by atoms with Crippen LogP contribution in [-0.4, -0.2) is 25.8 Å². The first-order valence-corrected chi connectivity index (χ1v) is 7.53. The Bertz CT molecular complexity index is 225. The van der Waals surface area contributed by atoms with Gasteiger partial charge in [-0.2, -0.15) is 0 Å². The third-order valence-electron chi connectivity index (χ3n) is 4.64. The smallest absolute Gasteiger partial charge is 0.0468 e. The third kappa shape index (κ3) is 3.96. The second kappa shape index (κ2) is 6.19. The van der Waals surface area contributed by atoms with Crippen molar-refractivity contribution in [2.45, 2.75) is 64.8 Å². The molecule has 17 heavy (non-hydrogen) atoms. The van der Waals surface area contributed by atoms with E-state index in [0.717, 1.165) is 25.2 Å². The second-order valence-corrected chi connectivity index (χ2v) is 6.46. The number of hydrogen-bond acceptors (Lipinski definition) is 2. The maximum absolute atomic E-state index is 5.46. The number of ether oxygens (including phenoxy) is 1. The average molecular weight is 239 g/mol. The molecule has 100 valence electrons. The molecular weight excluding hydrogens is 210 g/mol. The molecule has 1 aliphatic heterocycles. The topological polar surface area (TPSA) is 21.3 Å². The molecule has 0 aromatic heterocycles. The van der Waals surface area contributed by atoms with Gasteiger partial charge in [-0.15, -0.1) is 0 Å². The lowest BCUT2D eigenvalue weighted by Crippen LogP contribution is -2.29. The summed E-state index contributed by atoms with van der Waals surface area (Å²) in [6, 6.07) is 0.791. The van der Waals surface area contributed by atoms with E-state index in [4.69, 9.17) is 4.74 Å². The molecule has 0 aromatic carbocycles. The number of nitrogens with one attached hydrogen (secondary N) is 1. The highest BCUT2D eigenvalue weighted by Gasteiger charge is 2.36. The minimum absolute atomic E-state index is 0.605. The standard InChI is InChI=1S/C15H29NO/c1-3-8-16-14-4-7-15(2,12-14)11-13-5-9-17-10-6-13/h13-14,16H,3-12H2,1-2H3. The van der Waals surface area contributed by atoms with Crippen LogP contribution in [0.5, 0.6) is 0 Å². The Morgan fingerprint density at radius 3 is 2.71 bits per heavy atom. The maximum Gasteiger partial charge on any atom is 0.0468 e. The zero-order chi connectivity index (χ0) is 12.1. The molecule has 2 aliphatic rings. The molecule has 1 heterocycles. The highest BCUT2D eigenvalue weighted by atomic mass is 16.5. The Morgan fingerprint density at radius 2 is 2.00 bits per heavy atom. The summed E-state index contributed by atoms with van der Waals surface area (Å²) in [6.07, 6.45) is 9.48. The van der Waals surface area contributed by atoms with E-state index in [0.29, 0.717) is 5.41 Å². The summed E-state index contributed by atoms with van der Waals surface area (Å²) in [4.78, 5) is 0. The highest BCUT2D eigenvalue weighted by Crippen LogP contribution is 2.44. The Kier molecular flexibility index (Phi) is 4.87. The van der Waals surface area contributed by atoms with Crippen molar-refractivity contribution < 1.29 is 4.74 Å². The van der Waals surface area contributed by atoms with Crippen LogP contribution >= 0.6 is 0 Å². The number of hydrogen-bond donors (Lipinski definition) is 1. The van der Waals surface area contributed by atoms with Crippen LogP contribution in [0.1, 0.15) is 58.8 Å². The lowest BCUT2D eigenvalue weighted by Gasteiger charge is -2.32. The first-order chi connectivity index (χ1) is 8.22. The summed E-state index contributed by atoms with van der Waals surface area (Å²) in [5.41, 5.74) is 0.605. The summed E-state index contributed by atoms with van der Waals surface area (Å²) in [7, 11) is 0. The molecule has 2 nitrogen and oxygen atoms in total. The molecular formula is C15H29NO. The molecule has 2 atom stereocenters. The minimum Gasteiger partial charge on any atom is -0.381 e. The van der Waals surface area contributed by atoms with E-state index in [9.17, 15) is 0 Å². The second-order valence-electron chi connectivity index (χ2n) is 6.46. The van der Waals surface area contributed by atoms with Gasteiger partial charge in [0, 0.05) is 19.3 Å². The average Bonchev–Trinajstić information content (AvgIpc) is 2.69. The van der Waals surface area contributed by atoms with Gasteiger partial charge in [-0.25, -0.2) is 0 Å². The molecule has 2 unspecified atom stereocenters. The molecule has 0 spiro atoms. The zero-order valence-electron chi connectivity index (χ0n) is 11.6. The van der Waals surface area contributed by atoms with E-state index >= 15 is 0 Å². The predicted octanol–water partition coefficient (Wildman–Crippen LogP) is 3.36. The quantitative estimate of drug-likeness (QED) is 0.794. The van der Waals surface area contributed by atoms with Gasteiger partial charge in [-0.05, 0) is 62.8 Å². The molecule has 1 saturated carbocycles. The van der Waals surface area contributed by atoms with Crippen molar-refractivity contribution in [3.8, 4) is 0 Å². The van der Waals surface area contributed by atoms with Crippen LogP contribution in [0.3, 0.4) is 0 Å². The van der Waals surface area contributed by atoms with Gasteiger partial charge >= 0.3 is 0 Å². The molecule has 1 N–H and O–H groups in total. The first kappa shape index (κ1) is 13.4.